The number of hydrogen-bond donors (Lipinski definition) is 1. The first-order valence-electron chi connectivity index (χ1n) is 6.23. The number of nitrogens with one attached hydrogen (secondary N) is 1. The molecule has 0 saturated carbocycles. The predicted molar refractivity (Wildman–Crippen MR) is 71.6 cm³/mol. The summed E-state index contributed by atoms with van der Waals surface area (Å²) in [5, 5.41) is 2.86. The van der Waals surface area contributed by atoms with E-state index in [0.717, 1.165) is 11.3 Å². The number of fused-ring (bicyclic) bond motifs is 1. The molecule has 2 atom stereocenters. The van der Waals surface area contributed by atoms with Gasteiger partial charge in [0.15, 0.2) is 0 Å². The summed E-state index contributed by atoms with van der Waals surface area (Å²) in [7, 11) is 0. The molecule has 98 valence electrons. The molecule has 19 heavy (non-hydrogen) atoms. The number of benzene rings is 1. The molecule has 1 fully saturated rings. The first kappa shape index (κ1) is 12.1. The number of hydrogen-bond acceptors (Lipinski definition) is 3. The fraction of sp³-hybridized carbons (Fsp3) is 0.267. The normalized spacial score (nSPS) is 24.8. The third-order valence-corrected chi connectivity index (χ3v) is 3.23. The Hall–Kier alpha value is -1.91. The molecule has 4 nitrogen and oxygen atoms in total. The second-order valence-corrected chi connectivity index (χ2v) is 4.68. The highest BCUT2D eigenvalue weighted by atomic mass is 16.7. The van der Waals surface area contributed by atoms with Crippen molar-refractivity contribution in [2.45, 2.75) is 19.1 Å². The lowest BCUT2D eigenvalue weighted by molar-refractivity contribution is -0.112. The van der Waals surface area contributed by atoms with Crippen molar-refractivity contribution in [2.75, 3.05) is 12.1 Å². The molecule has 1 heterocycles. The summed E-state index contributed by atoms with van der Waals surface area (Å²) in [6.45, 7) is 2.29. The number of amides is 1. The van der Waals surface area contributed by atoms with E-state index in [1.165, 1.54) is 0 Å². The molecular weight excluding hydrogens is 242 g/mol. The minimum atomic E-state index is -0.149. The van der Waals surface area contributed by atoms with E-state index in [2.05, 4.69) is 5.32 Å². The van der Waals surface area contributed by atoms with Gasteiger partial charge in [-0.05, 0) is 25.1 Å². The lowest BCUT2D eigenvalue weighted by atomic mass is 10.0. The zero-order valence-electron chi connectivity index (χ0n) is 10.6. The Morgan fingerprint density at radius 2 is 1.95 bits per heavy atom. The van der Waals surface area contributed by atoms with Crippen molar-refractivity contribution in [3.8, 4) is 0 Å². The standard InChI is InChI=1S/C15H15NO3/c1-10-2-5-12(6-3-10)16-15(17)11-4-7-13-14(8-11)19-9-18-13/h2-8,13-14H,9H2,1H3,(H,16,17). The Bertz CT molecular complexity index is 545. The number of rotatable bonds is 2. The van der Waals surface area contributed by atoms with Gasteiger partial charge < -0.3 is 14.8 Å². The quantitative estimate of drug-likeness (QED) is 0.883. The molecule has 1 saturated heterocycles. The van der Waals surface area contributed by atoms with Gasteiger partial charge in [0.2, 0.25) is 0 Å². The summed E-state index contributed by atoms with van der Waals surface area (Å²) in [6.07, 6.45) is 5.24. The lowest BCUT2D eigenvalue weighted by Gasteiger charge is -2.16. The number of anilines is 1. The van der Waals surface area contributed by atoms with Crippen LogP contribution in [0.3, 0.4) is 0 Å². The largest absolute Gasteiger partial charge is 0.345 e. The Morgan fingerprint density at radius 1 is 1.21 bits per heavy atom. The van der Waals surface area contributed by atoms with E-state index in [4.69, 9.17) is 9.47 Å². The summed E-state index contributed by atoms with van der Waals surface area (Å²) < 4.78 is 10.7. The highest BCUT2D eigenvalue weighted by molar-refractivity contribution is 6.06. The monoisotopic (exact) mass is 257 g/mol. The topological polar surface area (TPSA) is 47.6 Å². The van der Waals surface area contributed by atoms with Gasteiger partial charge in [0.1, 0.15) is 19.0 Å². The van der Waals surface area contributed by atoms with Crippen LogP contribution >= 0.6 is 0 Å². The van der Waals surface area contributed by atoms with Gasteiger partial charge in [-0.15, -0.1) is 0 Å². The van der Waals surface area contributed by atoms with Crippen LogP contribution in [0.15, 0.2) is 48.1 Å². The van der Waals surface area contributed by atoms with Crippen LogP contribution in [0.25, 0.3) is 0 Å². The van der Waals surface area contributed by atoms with Gasteiger partial charge in [-0.3, -0.25) is 4.79 Å². The first-order valence-corrected chi connectivity index (χ1v) is 6.23. The molecule has 0 radical (unpaired) electrons. The van der Waals surface area contributed by atoms with Crippen LogP contribution in [0.2, 0.25) is 0 Å². The highest BCUT2D eigenvalue weighted by Gasteiger charge is 2.29. The molecule has 4 heteroatoms. The van der Waals surface area contributed by atoms with E-state index in [0.29, 0.717) is 5.57 Å². The molecule has 2 aliphatic rings. The average Bonchev–Trinajstić information content (AvgIpc) is 2.88. The smallest absolute Gasteiger partial charge is 0.255 e. The van der Waals surface area contributed by atoms with Gasteiger partial charge in [-0.25, -0.2) is 0 Å². The van der Waals surface area contributed by atoms with Crippen molar-refractivity contribution < 1.29 is 14.3 Å². The number of carbonyl (C=O) groups is 1. The SMILES string of the molecule is Cc1ccc(NC(=O)C2=CC3OCOC3C=C2)cc1. The van der Waals surface area contributed by atoms with Gasteiger partial charge in [0.05, 0.1) is 0 Å². The fourth-order valence-corrected chi connectivity index (χ4v) is 2.12. The van der Waals surface area contributed by atoms with Crippen molar-refractivity contribution >= 4 is 11.6 Å². The van der Waals surface area contributed by atoms with Crippen LogP contribution < -0.4 is 5.32 Å². The van der Waals surface area contributed by atoms with E-state index in [-0.39, 0.29) is 24.9 Å². The van der Waals surface area contributed by atoms with E-state index in [1.54, 1.807) is 12.2 Å². The molecule has 1 aliphatic carbocycles. The number of carbonyl (C=O) groups excluding carboxylic acids is 1. The Kier molecular flexibility index (Phi) is 3.19. The molecular formula is C15H15NO3. The molecule has 1 aliphatic heterocycles. The molecule has 0 aromatic heterocycles. The third kappa shape index (κ3) is 2.59. The highest BCUT2D eigenvalue weighted by Crippen LogP contribution is 2.22. The molecule has 2 unspecified atom stereocenters. The minimum Gasteiger partial charge on any atom is -0.345 e. The van der Waals surface area contributed by atoms with Crippen molar-refractivity contribution in [3.05, 3.63) is 53.6 Å². The van der Waals surface area contributed by atoms with Gasteiger partial charge in [-0.1, -0.05) is 29.8 Å². The molecule has 3 rings (SSSR count). The summed E-state index contributed by atoms with van der Waals surface area (Å²) in [5.74, 6) is -0.131. The molecule has 1 aromatic rings. The maximum atomic E-state index is 12.1. The predicted octanol–water partition coefficient (Wildman–Crippen LogP) is 2.17. The van der Waals surface area contributed by atoms with Crippen LogP contribution in [0.5, 0.6) is 0 Å². The summed E-state index contributed by atoms with van der Waals surface area (Å²) in [6, 6.07) is 7.70. The molecule has 1 aromatic carbocycles. The maximum absolute atomic E-state index is 12.1. The van der Waals surface area contributed by atoms with Gasteiger partial charge in [-0.2, -0.15) is 0 Å². The summed E-state index contributed by atoms with van der Waals surface area (Å²) >= 11 is 0. The van der Waals surface area contributed by atoms with Gasteiger partial charge in [0, 0.05) is 11.3 Å². The van der Waals surface area contributed by atoms with Crippen LogP contribution in [-0.4, -0.2) is 24.9 Å². The van der Waals surface area contributed by atoms with Crippen molar-refractivity contribution in [2.24, 2.45) is 0 Å². The molecule has 0 spiro atoms. The molecule has 1 amide bonds. The van der Waals surface area contributed by atoms with Crippen molar-refractivity contribution in [1.82, 2.24) is 0 Å². The zero-order valence-corrected chi connectivity index (χ0v) is 10.6. The third-order valence-electron chi connectivity index (χ3n) is 3.23. The second kappa shape index (κ2) is 4.99. The van der Waals surface area contributed by atoms with Gasteiger partial charge >= 0.3 is 0 Å². The van der Waals surface area contributed by atoms with Crippen molar-refractivity contribution in [3.63, 3.8) is 0 Å². The first-order chi connectivity index (χ1) is 9.22. The van der Waals surface area contributed by atoms with E-state index in [9.17, 15) is 4.79 Å². The van der Waals surface area contributed by atoms with Crippen LogP contribution in [0.1, 0.15) is 5.56 Å². The number of aryl methyl sites for hydroxylation is 1. The Balaban J connectivity index is 1.71. The maximum Gasteiger partial charge on any atom is 0.255 e. The minimum absolute atomic E-state index is 0.0593. The summed E-state index contributed by atoms with van der Waals surface area (Å²) in [4.78, 5) is 12.1. The molecule has 0 bridgehead atoms. The van der Waals surface area contributed by atoms with E-state index < -0.39 is 0 Å². The average molecular weight is 257 g/mol. The van der Waals surface area contributed by atoms with Crippen LogP contribution in [0, 0.1) is 6.92 Å². The van der Waals surface area contributed by atoms with E-state index in [1.807, 2.05) is 37.3 Å². The number of ether oxygens (including phenoxy) is 2. The van der Waals surface area contributed by atoms with Gasteiger partial charge in [0.25, 0.3) is 5.91 Å². The molecule has 1 N–H and O–H groups in total. The van der Waals surface area contributed by atoms with E-state index >= 15 is 0 Å². The fourth-order valence-electron chi connectivity index (χ4n) is 2.12. The van der Waals surface area contributed by atoms with Crippen LogP contribution in [-0.2, 0) is 14.3 Å². The van der Waals surface area contributed by atoms with Crippen LogP contribution in [0.4, 0.5) is 5.69 Å². The lowest BCUT2D eigenvalue weighted by Crippen LogP contribution is -2.24. The second-order valence-electron chi connectivity index (χ2n) is 4.68. The zero-order chi connectivity index (χ0) is 13.2. The summed E-state index contributed by atoms with van der Waals surface area (Å²) in [5.41, 5.74) is 2.55. The van der Waals surface area contributed by atoms with Crippen molar-refractivity contribution in [1.29, 1.82) is 0 Å². The Morgan fingerprint density at radius 3 is 2.74 bits per heavy atom. The Labute approximate surface area is 111 Å².